The van der Waals surface area contributed by atoms with E-state index in [0.717, 1.165) is 5.56 Å². The van der Waals surface area contributed by atoms with E-state index in [-0.39, 0.29) is 18.8 Å². The molecule has 0 bridgehead atoms. The van der Waals surface area contributed by atoms with Crippen LogP contribution in [0.25, 0.3) is 0 Å². The summed E-state index contributed by atoms with van der Waals surface area (Å²) in [7, 11) is 0. The van der Waals surface area contributed by atoms with E-state index in [0.29, 0.717) is 12.0 Å². The minimum absolute atomic E-state index is 0.0115. The Hall–Kier alpha value is -2.80. The summed E-state index contributed by atoms with van der Waals surface area (Å²) in [5.41, 5.74) is 1.45. The average molecular weight is 315 g/mol. The lowest BCUT2D eigenvalue weighted by atomic mass is 10.1. The number of hydrogen-bond donors (Lipinski definition) is 1. The minimum Gasteiger partial charge on any atom is -0.386 e. The van der Waals surface area contributed by atoms with E-state index >= 15 is 0 Å². The zero-order chi connectivity index (χ0) is 16.7. The molecule has 0 aliphatic carbocycles. The van der Waals surface area contributed by atoms with Crippen LogP contribution >= 0.6 is 0 Å². The van der Waals surface area contributed by atoms with Gasteiger partial charge in [-0.15, -0.1) is 4.91 Å². The van der Waals surface area contributed by atoms with Crippen molar-refractivity contribution >= 4 is 5.69 Å². The Morgan fingerprint density at radius 3 is 2.57 bits per heavy atom. The van der Waals surface area contributed by atoms with Crippen molar-refractivity contribution in [2.45, 2.75) is 12.5 Å². The van der Waals surface area contributed by atoms with Crippen molar-refractivity contribution in [3.8, 4) is 0 Å². The van der Waals surface area contributed by atoms with Gasteiger partial charge in [-0.3, -0.25) is 15.1 Å². The van der Waals surface area contributed by atoms with Crippen LogP contribution in [-0.4, -0.2) is 28.1 Å². The maximum absolute atomic E-state index is 10.9. The first-order chi connectivity index (χ1) is 11.1. The van der Waals surface area contributed by atoms with Crippen molar-refractivity contribution in [3.63, 3.8) is 0 Å². The molecule has 0 saturated heterocycles. The molecule has 0 fully saturated rings. The zero-order valence-corrected chi connectivity index (χ0v) is 12.4. The number of non-ortho nitro benzene ring substituents is 1. The molecule has 0 aliphatic rings. The number of nitroso groups, excluding NO2 is 1. The molecule has 0 aromatic heterocycles. The third kappa shape index (κ3) is 4.86. The largest absolute Gasteiger partial charge is 0.386 e. The van der Waals surface area contributed by atoms with Crippen LogP contribution in [0.5, 0.6) is 0 Å². The molecule has 0 heterocycles. The smallest absolute Gasteiger partial charge is 0.269 e. The van der Waals surface area contributed by atoms with Crippen LogP contribution in [0.4, 0.5) is 5.69 Å². The first kappa shape index (κ1) is 16.6. The van der Waals surface area contributed by atoms with Crippen LogP contribution in [-0.2, 0) is 6.42 Å². The molecule has 2 aromatic carbocycles. The third-order valence-corrected chi connectivity index (χ3v) is 3.46. The third-order valence-electron chi connectivity index (χ3n) is 3.46. The highest BCUT2D eigenvalue weighted by atomic mass is 16.6. The van der Waals surface area contributed by atoms with E-state index in [4.69, 9.17) is 0 Å². The zero-order valence-electron chi connectivity index (χ0n) is 12.4. The summed E-state index contributed by atoms with van der Waals surface area (Å²) in [6.07, 6.45) is -0.395. The normalized spacial score (nSPS) is 11.7. The molecule has 120 valence electrons. The van der Waals surface area contributed by atoms with Crippen molar-refractivity contribution in [1.82, 2.24) is 5.01 Å². The Morgan fingerprint density at radius 2 is 1.91 bits per heavy atom. The quantitative estimate of drug-likeness (QED) is 0.459. The molecule has 7 nitrogen and oxygen atoms in total. The lowest BCUT2D eigenvalue weighted by Crippen LogP contribution is -2.25. The van der Waals surface area contributed by atoms with E-state index in [2.05, 4.69) is 5.29 Å². The van der Waals surface area contributed by atoms with Crippen molar-refractivity contribution in [3.05, 3.63) is 80.7 Å². The summed E-state index contributed by atoms with van der Waals surface area (Å²) in [5, 5.41) is 25.0. The molecule has 23 heavy (non-hydrogen) atoms. The molecule has 0 saturated carbocycles. The average Bonchev–Trinajstić information content (AvgIpc) is 2.59. The molecule has 0 aliphatic heterocycles. The van der Waals surface area contributed by atoms with Crippen LogP contribution < -0.4 is 0 Å². The minimum atomic E-state index is -0.820. The summed E-state index contributed by atoms with van der Waals surface area (Å²) in [6.45, 7) is 0.344. The van der Waals surface area contributed by atoms with Gasteiger partial charge in [0.25, 0.3) is 5.69 Å². The van der Waals surface area contributed by atoms with Gasteiger partial charge in [0, 0.05) is 18.7 Å². The fourth-order valence-corrected chi connectivity index (χ4v) is 2.23. The van der Waals surface area contributed by atoms with Gasteiger partial charge in [0.15, 0.2) is 0 Å². The molecule has 7 heteroatoms. The highest BCUT2D eigenvalue weighted by molar-refractivity contribution is 5.34. The Kier molecular flexibility index (Phi) is 5.76. The molecular formula is C16H17N3O4. The lowest BCUT2D eigenvalue weighted by Gasteiger charge is -2.19. The molecule has 0 unspecified atom stereocenters. The van der Waals surface area contributed by atoms with Gasteiger partial charge in [0.05, 0.1) is 22.9 Å². The standard InChI is InChI=1S/C16H17N3O4/c20-16(14-6-2-1-3-7-14)12-18(17-21)10-9-13-5-4-8-15(11-13)19(22)23/h1-8,11,16,20H,9-10,12H2/t16-/m0/s1. The van der Waals surface area contributed by atoms with E-state index in [1.807, 2.05) is 6.07 Å². The maximum atomic E-state index is 10.9. The fraction of sp³-hybridized carbons (Fsp3) is 0.250. The van der Waals surface area contributed by atoms with E-state index in [1.165, 1.54) is 17.1 Å². The number of hydrogen-bond acceptors (Lipinski definition) is 5. The van der Waals surface area contributed by atoms with Gasteiger partial charge < -0.3 is 5.11 Å². The second-order valence-electron chi connectivity index (χ2n) is 5.10. The predicted molar refractivity (Wildman–Crippen MR) is 85.6 cm³/mol. The summed E-state index contributed by atoms with van der Waals surface area (Å²) in [4.78, 5) is 21.2. The lowest BCUT2D eigenvalue weighted by molar-refractivity contribution is -0.384. The molecular weight excluding hydrogens is 298 g/mol. The van der Waals surface area contributed by atoms with Gasteiger partial charge in [-0.25, -0.2) is 0 Å². The van der Waals surface area contributed by atoms with Crippen LogP contribution in [0.2, 0.25) is 0 Å². The Bertz CT molecular complexity index is 663. The number of aliphatic hydroxyl groups excluding tert-OH is 1. The fourth-order valence-electron chi connectivity index (χ4n) is 2.23. The second kappa shape index (κ2) is 8.00. The topological polar surface area (TPSA) is 96.0 Å². The van der Waals surface area contributed by atoms with Crippen LogP contribution in [0, 0.1) is 15.0 Å². The highest BCUT2D eigenvalue weighted by Gasteiger charge is 2.13. The van der Waals surface area contributed by atoms with E-state index in [1.54, 1.807) is 36.4 Å². The Labute approximate surface area is 133 Å². The SMILES string of the molecule is O=NN(CCc1cccc([N+](=O)[O-])c1)C[C@H](O)c1ccccc1. The number of rotatable bonds is 8. The number of benzene rings is 2. The van der Waals surface area contributed by atoms with Crippen molar-refractivity contribution in [1.29, 1.82) is 0 Å². The summed E-state index contributed by atoms with van der Waals surface area (Å²) in [6, 6.07) is 15.2. The predicted octanol–water partition coefficient (Wildman–Crippen LogP) is 2.85. The number of nitro groups is 1. The van der Waals surface area contributed by atoms with Gasteiger partial charge in [-0.05, 0) is 17.5 Å². The van der Waals surface area contributed by atoms with E-state index in [9.17, 15) is 20.1 Å². The van der Waals surface area contributed by atoms with Gasteiger partial charge in [0.2, 0.25) is 0 Å². The van der Waals surface area contributed by atoms with Crippen LogP contribution in [0.1, 0.15) is 17.2 Å². The van der Waals surface area contributed by atoms with Crippen LogP contribution in [0.3, 0.4) is 0 Å². The van der Waals surface area contributed by atoms with Crippen molar-refractivity contribution in [2.75, 3.05) is 13.1 Å². The molecule has 2 rings (SSSR count). The number of aliphatic hydroxyl groups is 1. The highest BCUT2D eigenvalue weighted by Crippen LogP contribution is 2.16. The number of nitro benzene ring substituents is 1. The van der Waals surface area contributed by atoms with Crippen molar-refractivity contribution in [2.24, 2.45) is 5.29 Å². The summed E-state index contributed by atoms with van der Waals surface area (Å²) < 4.78 is 0. The molecule has 0 radical (unpaired) electrons. The molecule has 1 N–H and O–H groups in total. The monoisotopic (exact) mass is 315 g/mol. The molecule has 0 spiro atoms. The van der Waals surface area contributed by atoms with Crippen molar-refractivity contribution < 1.29 is 10.0 Å². The van der Waals surface area contributed by atoms with Crippen LogP contribution in [0.15, 0.2) is 59.9 Å². The van der Waals surface area contributed by atoms with Gasteiger partial charge in [0.1, 0.15) is 0 Å². The first-order valence-electron chi connectivity index (χ1n) is 7.14. The first-order valence-corrected chi connectivity index (χ1v) is 7.14. The van der Waals surface area contributed by atoms with E-state index < -0.39 is 11.0 Å². The number of nitrogens with zero attached hydrogens (tertiary/aromatic N) is 3. The molecule has 1 atom stereocenters. The Morgan fingerprint density at radius 1 is 1.17 bits per heavy atom. The van der Waals surface area contributed by atoms with Gasteiger partial charge in [-0.1, -0.05) is 42.5 Å². The Balaban J connectivity index is 1.93. The van der Waals surface area contributed by atoms with Gasteiger partial charge >= 0.3 is 0 Å². The summed E-state index contributed by atoms with van der Waals surface area (Å²) in [5.74, 6) is 0. The summed E-state index contributed by atoms with van der Waals surface area (Å²) >= 11 is 0. The van der Waals surface area contributed by atoms with Gasteiger partial charge in [-0.2, -0.15) is 0 Å². The maximum Gasteiger partial charge on any atom is 0.269 e. The molecule has 2 aromatic rings. The molecule has 0 amide bonds. The second-order valence-corrected chi connectivity index (χ2v) is 5.10.